The van der Waals surface area contributed by atoms with E-state index in [2.05, 4.69) is 130 Å². The van der Waals surface area contributed by atoms with Crippen molar-refractivity contribution in [1.29, 1.82) is 0 Å². The lowest BCUT2D eigenvalue weighted by Gasteiger charge is -2.18. The summed E-state index contributed by atoms with van der Waals surface area (Å²) in [6, 6.07) is 0. The summed E-state index contributed by atoms with van der Waals surface area (Å²) in [7, 11) is 0. The van der Waals surface area contributed by atoms with Crippen LogP contribution in [0, 0.1) is 0 Å². The number of hydrogen-bond acceptors (Lipinski definition) is 6. The summed E-state index contributed by atoms with van der Waals surface area (Å²) in [6.07, 6.45) is 76.5. The molecule has 392 valence electrons. The van der Waals surface area contributed by atoms with Crippen molar-refractivity contribution in [2.24, 2.45) is 0 Å². The summed E-state index contributed by atoms with van der Waals surface area (Å²) in [4.78, 5) is 38.1. The third-order valence-electron chi connectivity index (χ3n) is 11.7. The van der Waals surface area contributed by atoms with Gasteiger partial charge in [0.25, 0.3) is 0 Å². The Kier molecular flexibility index (Phi) is 53.4. The maximum absolute atomic E-state index is 12.8. The smallest absolute Gasteiger partial charge is 0.306 e. The summed E-state index contributed by atoms with van der Waals surface area (Å²) < 4.78 is 16.8. The molecule has 1 unspecified atom stereocenters. The van der Waals surface area contributed by atoms with Gasteiger partial charge in [-0.15, -0.1) is 0 Å². The maximum Gasteiger partial charge on any atom is 0.306 e. The van der Waals surface area contributed by atoms with Gasteiger partial charge in [0.1, 0.15) is 13.2 Å². The molecule has 0 aliphatic heterocycles. The van der Waals surface area contributed by atoms with E-state index >= 15 is 0 Å². The van der Waals surface area contributed by atoms with E-state index in [1.165, 1.54) is 89.9 Å². The fourth-order valence-corrected chi connectivity index (χ4v) is 7.48. The van der Waals surface area contributed by atoms with E-state index in [9.17, 15) is 14.4 Å². The van der Waals surface area contributed by atoms with Crippen LogP contribution in [-0.4, -0.2) is 37.2 Å². The van der Waals surface area contributed by atoms with Crippen LogP contribution in [0.5, 0.6) is 0 Å². The molecule has 1 atom stereocenters. The van der Waals surface area contributed by atoms with Crippen molar-refractivity contribution in [2.75, 3.05) is 13.2 Å². The highest BCUT2D eigenvalue weighted by molar-refractivity contribution is 5.71. The van der Waals surface area contributed by atoms with E-state index in [-0.39, 0.29) is 37.5 Å². The van der Waals surface area contributed by atoms with Gasteiger partial charge in [-0.3, -0.25) is 14.4 Å². The molecule has 0 N–H and O–H groups in total. The van der Waals surface area contributed by atoms with Gasteiger partial charge in [0.05, 0.1) is 0 Å². The van der Waals surface area contributed by atoms with Crippen LogP contribution in [0.3, 0.4) is 0 Å². The minimum Gasteiger partial charge on any atom is -0.462 e. The average Bonchev–Trinajstić information content (AvgIpc) is 3.35. The molecule has 0 saturated heterocycles. The normalized spacial score (nSPS) is 12.9. The highest BCUT2D eigenvalue weighted by atomic mass is 16.6. The molecule has 0 amide bonds. The summed E-state index contributed by atoms with van der Waals surface area (Å²) in [6.45, 7) is 6.43. The number of hydrogen-bond donors (Lipinski definition) is 0. The molecule has 0 spiro atoms. The van der Waals surface area contributed by atoms with Gasteiger partial charge in [0.15, 0.2) is 6.10 Å². The van der Waals surface area contributed by atoms with Crippen LogP contribution in [0.1, 0.15) is 252 Å². The molecule has 69 heavy (non-hydrogen) atoms. The Labute approximate surface area is 425 Å². The van der Waals surface area contributed by atoms with Gasteiger partial charge in [0, 0.05) is 19.3 Å². The van der Waals surface area contributed by atoms with Crippen molar-refractivity contribution in [3.8, 4) is 0 Å². The maximum atomic E-state index is 12.8. The van der Waals surface area contributed by atoms with Crippen molar-refractivity contribution >= 4 is 17.9 Å². The highest BCUT2D eigenvalue weighted by Gasteiger charge is 2.19. The molecule has 0 saturated carbocycles. The van der Waals surface area contributed by atoms with Crippen molar-refractivity contribution < 1.29 is 28.6 Å². The zero-order valence-electron chi connectivity index (χ0n) is 44.8. The monoisotopic (exact) mass is 957 g/mol. The van der Waals surface area contributed by atoms with Gasteiger partial charge >= 0.3 is 17.9 Å². The number of esters is 3. The molecule has 0 rings (SSSR count). The zero-order chi connectivity index (χ0) is 50.0. The first-order chi connectivity index (χ1) is 34.0. The number of unbranched alkanes of at least 4 members (excludes halogenated alkanes) is 21. The van der Waals surface area contributed by atoms with Gasteiger partial charge < -0.3 is 14.2 Å². The molecular weight excluding hydrogens is 853 g/mol. The fraction of sp³-hybridized carbons (Fsp3) is 0.667. The molecular formula is C63H104O6. The predicted molar refractivity (Wildman–Crippen MR) is 297 cm³/mol. The van der Waals surface area contributed by atoms with Crippen molar-refractivity contribution in [2.45, 2.75) is 258 Å². The zero-order valence-corrected chi connectivity index (χ0v) is 44.8. The minimum atomic E-state index is -0.819. The molecule has 0 aliphatic carbocycles. The molecule has 0 heterocycles. The summed E-state index contributed by atoms with van der Waals surface area (Å²) in [5.41, 5.74) is 0. The number of carbonyl (C=O) groups excluding carboxylic acids is 3. The van der Waals surface area contributed by atoms with Crippen LogP contribution in [0.2, 0.25) is 0 Å². The molecule has 0 radical (unpaired) electrons. The number of allylic oxidation sites excluding steroid dienone is 18. The quantitative estimate of drug-likeness (QED) is 0.0262. The second kappa shape index (κ2) is 56.7. The van der Waals surface area contributed by atoms with Gasteiger partial charge in [-0.25, -0.2) is 0 Å². The number of ether oxygens (including phenoxy) is 3. The van der Waals surface area contributed by atoms with Crippen molar-refractivity contribution in [1.82, 2.24) is 0 Å². The number of carbonyl (C=O) groups is 3. The van der Waals surface area contributed by atoms with E-state index in [1.54, 1.807) is 0 Å². The topological polar surface area (TPSA) is 78.9 Å². The van der Waals surface area contributed by atoms with Gasteiger partial charge in [-0.2, -0.15) is 0 Å². The molecule has 0 aromatic carbocycles. The Morgan fingerprint density at radius 3 is 0.957 bits per heavy atom. The van der Waals surface area contributed by atoms with Crippen LogP contribution in [0.25, 0.3) is 0 Å². The molecule has 0 aromatic heterocycles. The van der Waals surface area contributed by atoms with E-state index < -0.39 is 6.10 Å². The molecule has 0 fully saturated rings. The van der Waals surface area contributed by atoms with Crippen LogP contribution in [0.15, 0.2) is 109 Å². The molecule has 6 heteroatoms. The first-order valence-corrected chi connectivity index (χ1v) is 28.4. The SMILES string of the molecule is CC/C=C\C/C=C\C/C=C\C/C=C\C/C=C\CCCC(=O)OC(COC(=O)CCCCCCC/C=C\CCCCCC)COC(=O)CCCCCCCC/C=C\C/C=C\C/C=C\CCCCCCC. The first kappa shape index (κ1) is 65.1. The van der Waals surface area contributed by atoms with E-state index in [0.717, 1.165) is 116 Å². The van der Waals surface area contributed by atoms with Crippen LogP contribution >= 0.6 is 0 Å². The van der Waals surface area contributed by atoms with E-state index in [0.29, 0.717) is 19.3 Å². The predicted octanol–water partition coefficient (Wildman–Crippen LogP) is 19.1. The summed E-state index contributed by atoms with van der Waals surface area (Å²) >= 11 is 0. The second-order valence-corrected chi connectivity index (χ2v) is 18.5. The minimum absolute atomic E-state index is 0.111. The summed E-state index contributed by atoms with van der Waals surface area (Å²) in [5, 5.41) is 0. The molecule has 0 aromatic rings. The first-order valence-electron chi connectivity index (χ1n) is 28.4. The molecule has 0 aliphatic rings. The average molecular weight is 958 g/mol. The largest absolute Gasteiger partial charge is 0.462 e. The lowest BCUT2D eigenvalue weighted by Crippen LogP contribution is -2.30. The Morgan fingerprint density at radius 1 is 0.304 bits per heavy atom. The van der Waals surface area contributed by atoms with E-state index in [1.807, 2.05) is 0 Å². The van der Waals surface area contributed by atoms with Gasteiger partial charge in [-0.1, -0.05) is 220 Å². The van der Waals surface area contributed by atoms with Crippen LogP contribution < -0.4 is 0 Å². The fourth-order valence-electron chi connectivity index (χ4n) is 7.48. The highest BCUT2D eigenvalue weighted by Crippen LogP contribution is 2.13. The lowest BCUT2D eigenvalue weighted by molar-refractivity contribution is -0.167. The van der Waals surface area contributed by atoms with E-state index in [4.69, 9.17) is 14.2 Å². The third kappa shape index (κ3) is 54.9. The Morgan fingerprint density at radius 2 is 0.580 bits per heavy atom. The third-order valence-corrected chi connectivity index (χ3v) is 11.7. The van der Waals surface area contributed by atoms with Crippen molar-refractivity contribution in [3.05, 3.63) is 109 Å². The Bertz CT molecular complexity index is 1420. The summed E-state index contributed by atoms with van der Waals surface area (Å²) in [5.74, 6) is -0.992. The standard InChI is InChI=1S/C63H104O6/c1-4-7-10-13-16-19-22-25-27-29-30-31-32-34-35-38-41-44-47-50-53-56-62(65)68-59-60(58-67-61(64)55-52-49-46-43-40-37-24-21-18-15-12-9-6-3)69-63(66)57-54-51-48-45-42-39-36-33-28-26-23-20-17-14-11-8-5-2/h8,11,17,20-22,24-26,28-30,32,34,36,39,45,48,60H,4-7,9-10,12-16,18-19,23,27,31,33,35,37-38,40-44,46-47,49-59H2,1-3H3/b11-8-,20-17-,24-21-,25-22-,28-26-,30-29-,34-32-,39-36-,48-45-. The van der Waals surface area contributed by atoms with Gasteiger partial charge in [0.2, 0.25) is 0 Å². The lowest BCUT2D eigenvalue weighted by atomic mass is 10.1. The molecule has 0 bridgehead atoms. The van der Waals surface area contributed by atoms with Gasteiger partial charge in [-0.05, 0) is 122 Å². The number of rotatable bonds is 50. The molecule has 6 nitrogen and oxygen atoms in total. The van der Waals surface area contributed by atoms with Crippen LogP contribution in [-0.2, 0) is 28.6 Å². The second-order valence-electron chi connectivity index (χ2n) is 18.5. The van der Waals surface area contributed by atoms with Crippen LogP contribution in [0.4, 0.5) is 0 Å². The Balaban J connectivity index is 4.49. The Hall–Kier alpha value is -3.93. The van der Waals surface area contributed by atoms with Crippen molar-refractivity contribution in [3.63, 3.8) is 0 Å².